The monoisotopic (exact) mass is 322 g/mol. The van der Waals surface area contributed by atoms with Gasteiger partial charge in [0.25, 0.3) is 0 Å². The summed E-state index contributed by atoms with van der Waals surface area (Å²) >= 11 is 0. The Hall–Kier alpha value is 1.87. The molecule has 104 valence electrons. The minimum absolute atomic E-state index is 0. The van der Waals surface area contributed by atoms with Gasteiger partial charge in [-0.2, -0.15) is 0 Å². The van der Waals surface area contributed by atoms with Gasteiger partial charge in [-0.1, -0.05) is 0 Å². The zero-order valence-electron chi connectivity index (χ0n) is 10.4. The molecule has 10 nitrogen and oxygen atoms in total. The quantitative estimate of drug-likeness (QED) is 0.288. The van der Waals surface area contributed by atoms with Crippen LogP contribution in [0.4, 0.5) is 0 Å². The fourth-order valence-corrected chi connectivity index (χ4v) is 1.56. The van der Waals surface area contributed by atoms with Gasteiger partial charge in [-0.15, -0.1) is 0 Å². The van der Waals surface area contributed by atoms with E-state index in [9.17, 15) is 24.6 Å². The van der Waals surface area contributed by atoms with Gasteiger partial charge in [-0.05, 0) is 0 Å². The summed E-state index contributed by atoms with van der Waals surface area (Å²) in [5, 5.41) is 36.6. The predicted molar refractivity (Wildman–Crippen MR) is 46.1 cm³/mol. The number of aliphatic hydroxyl groups excluding tert-OH is 4. The molecular weight excluding hydrogens is 309 g/mol. The standard InChI is InChI=1S/C6H13O9P.2Na.H2O/c7-3-2(1-14-16(11,12)13)15-6(10)5(9)4(3)8;;;/h2-10H,1H2,(H2,11,12,13);;;1H2/q;2*+1;/p-2/t2-,3-,4-,5-,6?;;;/m0.../s1. The van der Waals surface area contributed by atoms with E-state index in [0.717, 1.165) is 0 Å². The summed E-state index contributed by atoms with van der Waals surface area (Å²) in [5.74, 6) is 0. The van der Waals surface area contributed by atoms with Gasteiger partial charge in [0.05, 0.1) is 14.4 Å². The minimum atomic E-state index is -5.23. The molecule has 0 aromatic carbocycles. The van der Waals surface area contributed by atoms with E-state index in [4.69, 9.17) is 10.2 Å². The van der Waals surface area contributed by atoms with E-state index in [1.54, 1.807) is 0 Å². The van der Waals surface area contributed by atoms with Crippen molar-refractivity contribution < 1.29 is 109 Å². The molecule has 0 aromatic rings. The van der Waals surface area contributed by atoms with Crippen LogP contribution in [0.1, 0.15) is 0 Å². The molecule has 5 atom stereocenters. The number of hydrogen-bond donors (Lipinski definition) is 4. The second-order valence-electron chi connectivity index (χ2n) is 3.28. The molecule has 1 rings (SSSR count). The summed E-state index contributed by atoms with van der Waals surface area (Å²) in [6.45, 7) is -0.855. The zero-order valence-corrected chi connectivity index (χ0v) is 15.3. The van der Waals surface area contributed by atoms with Crippen LogP contribution in [-0.2, 0) is 13.8 Å². The Morgan fingerprint density at radius 1 is 1.05 bits per heavy atom. The van der Waals surface area contributed by atoms with Crippen molar-refractivity contribution in [3.63, 3.8) is 0 Å². The zero-order chi connectivity index (χ0) is 12.5. The first-order valence-corrected chi connectivity index (χ1v) is 5.73. The van der Waals surface area contributed by atoms with Crippen LogP contribution >= 0.6 is 7.82 Å². The molecule has 1 unspecified atom stereocenters. The normalized spacial score (nSPS) is 34.5. The van der Waals surface area contributed by atoms with Crippen molar-refractivity contribution in [3.05, 3.63) is 0 Å². The number of hydrogen-bond acceptors (Lipinski definition) is 9. The minimum Gasteiger partial charge on any atom is -0.790 e. The average Bonchev–Trinajstić information content (AvgIpc) is 2.17. The fourth-order valence-electron chi connectivity index (χ4n) is 1.23. The molecule has 13 heteroatoms. The SMILES string of the molecule is O.O=P([O-])([O-])OC[C@@H]1OC(O)[C@@H](O)[C@@H](O)[C@H]1O.[Na+].[Na+]. The molecule has 0 spiro atoms. The van der Waals surface area contributed by atoms with E-state index in [-0.39, 0.29) is 64.6 Å². The fraction of sp³-hybridized carbons (Fsp3) is 1.00. The summed E-state index contributed by atoms with van der Waals surface area (Å²) < 4.78 is 18.5. The summed E-state index contributed by atoms with van der Waals surface area (Å²) in [7, 11) is -5.23. The van der Waals surface area contributed by atoms with Gasteiger partial charge in [0, 0.05) is 0 Å². The van der Waals surface area contributed by atoms with Crippen molar-refractivity contribution >= 4 is 7.82 Å². The summed E-state index contributed by atoms with van der Waals surface area (Å²) in [4.78, 5) is 20.3. The number of phosphoric acid groups is 1. The molecule has 1 aliphatic heterocycles. The van der Waals surface area contributed by atoms with E-state index in [2.05, 4.69) is 9.26 Å². The topological polar surface area (TPSA) is 194 Å². The first-order chi connectivity index (χ1) is 7.22. The van der Waals surface area contributed by atoms with E-state index >= 15 is 0 Å². The number of aliphatic hydroxyl groups is 4. The van der Waals surface area contributed by atoms with Crippen LogP contribution in [0.15, 0.2) is 0 Å². The van der Waals surface area contributed by atoms with Crippen molar-refractivity contribution in [1.29, 1.82) is 0 Å². The van der Waals surface area contributed by atoms with Crippen LogP contribution in [0.5, 0.6) is 0 Å². The van der Waals surface area contributed by atoms with E-state index in [1.165, 1.54) is 0 Å². The smallest absolute Gasteiger partial charge is 0.790 e. The molecule has 0 bridgehead atoms. The third-order valence-electron chi connectivity index (χ3n) is 2.08. The maximum absolute atomic E-state index is 10.1. The molecule has 1 aliphatic rings. The van der Waals surface area contributed by atoms with Gasteiger partial charge < -0.3 is 49.5 Å². The second-order valence-corrected chi connectivity index (χ2v) is 4.43. The van der Waals surface area contributed by atoms with Crippen molar-refractivity contribution in [2.45, 2.75) is 30.7 Å². The number of ether oxygens (including phenoxy) is 1. The molecule has 1 fully saturated rings. The summed E-state index contributed by atoms with van der Waals surface area (Å²) in [6, 6.07) is 0. The largest absolute Gasteiger partial charge is 1.00 e. The molecule has 1 heterocycles. The Kier molecular flexibility index (Phi) is 14.4. The van der Waals surface area contributed by atoms with Crippen LogP contribution < -0.4 is 68.9 Å². The third-order valence-corrected chi connectivity index (χ3v) is 2.55. The first kappa shape index (κ1) is 25.8. The Balaban J connectivity index is -0.000000853. The Morgan fingerprint density at radius 2 is 1.53 bits per heavy atom. The van der Waals surface area contributed by atoms with Gasteiger partial charge in [-0.3, -0.25) is 0 Å². The maximum atomic E-state index is 10.1. The number of phosphoric ester groups is 1. The predicted octanol–water partition coefficient (Wildman–Crippen LogP) is -11.2. The molecule has 6 N–H and O–H groups in total. The van der Waals surface area contributed by atoms with Crippen LogP contribution in [0, 0.1) is 0 Å². The Bertz CT molecular complexity index is 287. The third kappa shape index (κ3) is 8.17. The van der Waals surface area contributed by atoms with Gasteiger partial charge in [0.1, 0.15) is 24.4 Å². The van der Waals surface area contributed by atoms with Gasteiger partial charge >= 0.3 is 59.1 Å². The van der Waals surface area contributed by atoms with Crippen LogP contribution in [0.25, 0.3) is 0 Å². The second kappa shape index (κ2) is 10.6. The molecular formula is C6H13Na2O10P. The van der Waals surface area contributed by atoms with Crippen LogP contribution in [0.3, 0.4) is 0 Å². The Labute approximate surface area is 152 Å². The van der Waals surface area contributed by atoms with E-state index < -0.39 is 45.1 Å². The molecule has 0 aliphatic carbocycles. The van der Waals surface area contributed by atoms with Crippen molar-refractivity contribution in [3.8, 4) is 0 Å². The van der Waals surface area contributed by atoms with Crippen molar-refractivity contribution in [2.75, 3.05) is 6.61 Å². The molecule has 0 radical (unpaired) electrons. The van der Waals surface area contributed by atoms with Crippen LogP contribution in [0.2, 0.25) is 0 Å². The first-order valence-electron chi connectivity index (χ1n) is 4.26. The van der Waals surface area contributed by atoms with Gasteiger partial charge in [-0.25, -0.2) is 0 Å². The van der Waals surface area contributed by atoms with E-state index in [0.29, 0.717) is 0 Å². The van der Waals surface area contributed by atoms with E-state index in [1.807, 2.05) is 0 Å². The Morgan fingerprint density at radius 3 is 1.95 bits per heavy atom. The summed E-state index contributed by atoms with van der Waals surface area (Å²) in [6.07, 6.45) is -8.35. The number of rotatable bonds is 3. The van der Waals surface area contributed by atoms with Gasteiger partial charge in [0.2, 0.25) is 0 Å². The molecule has 0 aromatic heterocycles. The van der Waals surface area contributed by atoms with Crippen LogP contribution in [-0.4, -0.2) is 63.2 Å². The molecule has 1 saturated heterocycles. The summed E-state index contributed by atoms with van der Waals surface area (Å²) in [5.41, 5.74) is 0. The molecule has 19 heavy (non-hydrogen) atoms. The molecule has 0 amide bonds. The maximum Gasteiger partial charge on any atom is 1.00 e. The van der Waals surface area contributed by atoms with Crippen molar-refractivity contribution in [1.82, 2.24) is 0 Å². The molecule has 0 saturated carbocycles. The van der Waals surface area contributed by atoms with Crippen molar-refractivity contribution in [2.24, 2.45) is 0 Å². The van der Waals surface area contributed by atoms with Gasteiger partial charge in [0.15, 0.2) is 6.29 Å². The average molecular weight is 322 g/mol.